The van der Waals surface area contributed by atoms with Crippen LogP contribution < -0.4 is 14.4 Å². The predicted molar refractivity (Wildman–Crippen MR) is 129 cm³/mol. The number of aliphatic hydroxyl groups excluding tert-OH is 1. The molecule has 0 bridgehead atoms. The number of benzene rings is 2. The Balaban J connectivity index is 1.97. The molecule has 2 aromatic carbocycles. The van der Waals surface area contributed by atoms with E-state index in [1.807, 2.05) is 38.3 Å². The molecule has 0 saturated carbocycles. The molecule has 1 fully saturated rings. The topological polar surface area (TPSA) is 76.1 Å². The standard InChI is InChI=1S/C26H25NO5S/c1-14-9-10-33-25(14)22-21(23(28)19-11-16(3)20(32-5)12-15(19)2)24(29)26(30)27(22)17-7-6-8-18(13-17)31-4/h6-13,22,28H,1-5H3/b23-21+. The van der Waals surface area contributed by atoms with Crippen LogP contribution in [0.5, 0.6) is 11.5 Å². The summed E-state index contributed by atoms with van der Waals surface area (Å²) in [7, 11) is 3.13. The van der Waals surface area contributed by atoms with E-state index in [1.165, 1.54) is 16.2 Å². The van der Waals surface area contributed by atoms with Gasteiger partial charge >= 0.3 is 0 Å². The summed E-state index contributed by atoms with van der Waals surface area (Å²) in [6, 6.07) is 11.8. The Morgan fingerprint density at radius 2 is 1.73 bits per heavy atom. The van der Waals surface area contributed by atoms with Crippen molar-refractivity contribution in [2.75, 3.05) is 19.1 Å². The lowest BCUT2D eigenvalue weighted by Gasteiger charge is -2.25. The van der Waals surface area contributed by atoms with E-state index >= 15 is 0 Å². The second-order valence-corrected chi connectivity index (χ2v) is 8.92. The highest BCUT2D eigenvalue weighted by atomic mass is 32.1. The summed E-state index contributed by atoms with van der Waals surface area (Å²) in [5.74, 6) is -0.351. The highest BCUT2D eigenvalue weighted by molar-refractivity contribution is 7.10. The third kappa shape index (κ3) is 3.78. The van der Waals surface area contributed by atoms with Crippen LogP contribution in [0.15, 0.2) is 53.4 Å². The molecular formula is C26H25NO5S. The zero-order valence-corrected chi connectivity index (χ0v) is 19.9. The lowest BCUT2D eigenvalue weighted by molar-refractivity contribution is -0.132. The second-order valence-electron chi connectivity index (χ2n) is 7.98. The lowest BCUT2D eigenvalue weighted by Crippen LogP contribution is -2.29. The number of aryl methyl sites for hydroxylation is 3. The molecule has 1 unspecified atom stereocenters. The SMILES string of the molecule is COc1cccc(N2C(=O)C(=O)/C(=C(/O)c3cc(C)c(OC)cc3C)C2c2sccc2C)c1. The molecule has 33 heavy (non-hydrogen) atoms. The second kappa shape index (κ2) is 8.75. The number of hydrogen-bond donors (Lipinski definition) is 1. The van der Waals surface area contributed by atoms with Gasteiger partial charge in [-0.15, -0.1) is 11.3 Å². The van der Waals surface area contributed by atoms with Crippen LogP contribution in [-0.2, 0) is 9.59 Å². The molecule has 1 atom stereocenters. The van der Waals surface area contributed by atoms with E-state index in [0.29, 0.717) is 22.7 Å². The van der Waals surface area contributed by atoms with Gasteiger partial charge in [0, 0.05) is 22.2 Å². The van der Waals surface area contributed by atoms with Gasteiger partial charge in [0.15, 0.2) is 0 Å². The quantitative estimate of drug-likeness (QED) is 0.315. The molecule has 4 rings (SSSR count). The summed E-state index contributed by atoms with van der Waals surface area (Å²) in [6.07, 6.45) is 0. The highest BCUT2D eigenvalue weighted by Crippen LogP contribution is 2.45. The van der Waals surface area contributed by atoms with Crippen molar-refractivity contribution in [1.82, 2.24) is 0 Å². The maximum absolute atomic E-state index is 13.3. The number of ether oxygens (including phenoxy) is 2. The fourth-order valence-electron chi connectivity index (χ4n) is 4.18. The monoisotopic (exact) mass is 463 g/mol. The van der Waals surface area contributed by atoms with Crippen LogP contribution >= 0.6 is 11.3 Å². The summed E-state index contributed by atoms with van der Waals surface area (Å²) in [4.78, 5) is 28.9. The maximum Gasteiger partial charge on any atom is 0.300 e. The predicted octanol–water partition coefficient (Wildman–Crippen LogP) is 5.32. The molecule has 6 nitrogen and oxygen atoms in total. The van der Waals surface area contributed by atoms with Crippen LogP contribution in [0.4, 0.5) is 5.69 Å². The number of methoxy groups -OCH3 is 2. The smallest absolute Gasteiger partial charge is 0.300 e. The Morgan fingerprint density at radius 3 is 2.36 bits per heavy atom. The van der Waals surface area contributed by atoms with Crippen LogP contribution in [0.3, 0.4) is 0 Å². The molecule has 1 aliphatic heterocycles. The number of anilines is 1. The van der Waals surface area contributed by atoms with Crippen molar-refractivity contribution in [1.29, 1.82) is 0 Å². The number of hydrogen-bond acceptors (Lipinski definition) is 6. The number of carbonyl (C=O) groups is 2. The first-order valence-electron chi connectivity index (χ1n) is 10.4. The zero-order valence-electron chi connectivity index (χ0n) is 19.1. The molecule has 0 spiro atoms. The largest absolute Gasteiger partial charge is 0.507 e. The summed E-state index contributed by atoms with van der Waals surface area (Å²) in [6.45, 7) is 5.63. The van der Waals surface area contributed by atoms with Crippen LogP contribution in [0.1, 0.15) is 33.2 Å². The number of ketones is 1. The van der Waals surface area contributed by atoms with Gasteiger partial charge in [-0.1, -0.05) is 6.07 Å². The van der Waals surface area contributed by atoms with Crippen molar-refractivity contribution in [2.24, 2.45) is 0 Å². The molecule has 170 valence electrons. The Hall–Kier alpha value is -3.58. The number of aliphatic hydroxyl groups is 1. The van der Waals surface area contributed by atoms with Gasteiger partial charge < -0.3 is 14.6 Å². The number of Topliss-reactive ketones (excluding diaryl/α,β-unsaturated/α-hetero) is 1. The third-order valence-electron chi connectivity index (χ3n) is 5.92. The molecule has 1 aromatic heterocycles. The molecule has 1 aliphatic rings. The van der Waals surface area contributed by atoms with E-state index in [0.717, 1.165) is 21.6 Å². The highest BCUT2D eigenvalue weighted by Gasteiger charge is 2.48. The first-order valence-corrected chi connectivity index (χ1v) is 11.3. The van der Waals surface area contributed by atoms with Crippen LogP contribution in [0.25, 0.3) is 5.76 Å². The van der Waals surface area contributed by atoms with Gasteiger partial charge in [0.05, 0.1) is 19.8 Å². The van der Waals surface area contributed by atoms with Gasteiger partial charge in [-0.25, -0.2) is 0 Å². The van der Waals surface area contributed by atoms with Crippen molar-refractivity contribution >= 4 is 34.5 Å². The molecule has 3 aromatic rings. The average molecular weight is 464 g/mol. The number of nitrogens with zero attached hydrogens (tertiary/aromatic N) is 1. The van der Waals surface area contributed by atoms with E-state index in [4.69, 9.17) is 9.47 Å². The first-order chi connectivity index (χ1) is 15.8. The van der Waals surface area contributed by atoms with E-state index in [9.17, 15) is 14.7 Å². The lowest BCUT2D eigenvalue weighted by atomic mass is 9.95. The average Bonchev–Trinajstić information content (AvgIpc) is 3.34. The number of thiophene rings is 1. The van der Waals surface area contributed by atoms with Gasteiger partial charge in [0.25, 0.3) is 11.7 Å². The first kappa shape index (κ1) is 22.6. The van der Waals surface area contributed by atoms with Crippen molar-refractivity contribution < 1.29 is 24.2 Å². The number of amides is 1. The van der Waals surface area contributed by atoms with Crippen LogP contribution in [0, 0.1) is 20.8 Å². The summed E-state index contributed by atoms with van der Waals surface area (Å²) >= 11 is 1.45. The van der Waals surface area contributed by atoms with Gasteiger partial charge in [-0.05, 0) is 73.2 Å². The summed E-state index contributed by atoms with van der Waals surface area (Å²) in [5.41, 5.74) is 3.58. The van der Waals surface area contributed by atoms with E-state index in [1.54, 1.807) is 44.6 Å². The molecule has 1 amide bonds. The minimum Gasteiger partial charge on any atom is -0.507 e. The molecular weight excluding hydrogens is 438 g/mol. The van der Waals surface area contributed by atoms with Crippen molar-refractivity contribution in [3.05, 3.63) is 80.5 Å². The summed E-state index contributed by atoms with van der Waals surface area (Å²) < 4.78 is 10.7. The third-order valence-corrected chi connectivity index (χ3v) is 6.99. The molecule has 2 heterocycles. The van der Waals surface area contributed by atoms with Crippen LogP contribution in [-0.4, -0.2) is 31.0 Å². The van der Waals surface area contributed by atoms with Gasteiger partial charge in [-0.3, -0.25) is 14.5 Å². The van der Waals surface area contributed by atoms with Crippen molar-refractivity contribution in [3.8, 4) is 11.5 Å². The number of rotatable bonds is 5. The fraction of sp³-hybridized carbons (Fsp3) is 0.231. The Morgan fingerprint density at radius 1 is 0.970 bits per heavy atom. The van der Waals surface area contributed by atoms with Gasteiger partial charge in [0.1, 0.15) is 23.3 Å². The Labute approximate surface area is 196 Å². The normalized spacial score (nSPS) is 17.5. The molecule has 1 saturated heterocycles. The van der Waals surface area contributed by atoms with Gasteiger partial charge in [-0.2, -0.15) is 0 Å². The van der Waals surface area contributed by atoms with E-state index in [-0.39, 0.29) is 11.3 Å². The number of carbonyl (C=O) groups excluding carboxylic acids is 2. The van der Waals surface area contributed by atoms with E-state index in [2.05, 4.69) is 0 Å². The Bertz CT molecular complexity index is 1290. The Kier molecular flexibility index (Phi) is 5.99. The molecule has 7 heteroatoms. The summed E-state index contributed by atoms with van der Waals surface area (Å²) in [5, 5.41) is 13.3. The maximum atomic E-state index is 13.3. The fourth-order valence-corrected chi connectivity index (χ4v) is 5.21. The van der Waals surface area contributed by atoms with Crippen LogP contribution in [0.2, 0.25) is 0 Å². The van der Waals surface area contributed by atoms with Crippen molar-refractivity contribution in [3.63, 3.8) is 0 Å². The molecule has 0 aliphatic carbocycles. The molecule has 1 N–H and O–H groups in total. The van der Waals surface area contributed by atoms with Gasteiger partial charge in [0.2, 0.25) is 0 Å². The zero-order chi connectivity index (χ0) is 23.9. The van der Waals surface area contributed by atoms with Crippen molar-refractivity contribution in [2.45, 2.75) is 26.8 Å². The molecule has 0 radical (unpaired) electrons. The minimum absolute atomic E-state index is 0.0704. The minimum atomic E-state index is -0.751. The van der Waals surface area contributed by atoms with E-state index < -0.39 is 17.7 Å².